The highest BCUT2D eigenvalue weighted by Gasteiger charge is 2.20. The Morgan fingerprint density at radius 2 is 2.42 bits per heavy atom. The molecule has 2 unspecified atom stereocenters. The van der Waals surface area contributed by atoms with Crippen molar-refractivity contribution in [3.05, 3.63) is 12.0 Å². The minimum absolute atomic E-state index is 0.00980. The van der Waals surface area contributed by atoms with Crippen molar-refractivity contribution in [3.63, 3.8) is 0 Å². The average Bonchev–Trinajstić information content (AvgIpc) is 2.82. The van der Waals surface area contributed by atoms with Crippen molar-refractivity contribution in [2.75, 3.05) is 13.3 Å². The molecule has 1 heterocycles. The van der Waals surface area contributed by atoms with Crippen LogP contribution < -0.4 is 11.1 Å². The van der Waals surface area contributed by atoms with Gasteiger partial charge in [-0.2, -0.15) is 0 Å². The lowest BCUT2D eigenvalue weighted by Crippen LogP contribution is -2.29. The summed E-state index contributed by atoms with van der Waals surface area (Å²) in [6.45, 7) is 6.82. The van der Waals surface area contributed by atoms with E-state index in [1.165, 1.54) is 6.33 Å². The molecule has 0 aromatic carbocycles. The first kappa shape index (κ1) is 15.3. The highest BCUT2D eigenvalue weighted by Crippen LogP contribution is 2.23. The van der Waals surface area contributed by atoms with Gasteiger partial charge in [0.2, 0.25) is 0 Å². The van der Waals surface area contributed by atoms with E-state index < -0.39 is 12.1 Å². The molecule has 0 saturated carbocycles. The molecule has 0 fully saturated rings. The Hall–Kier alpha value is -1.77. The monoisotopic (exact) mass is 269 g/mol. The molecule has 2 atom stereocenters. The number of aliphatic hydroxyl groups is 1. The zero-order valence-electron chi connectivity index (χ0n) is 11.0. The largest absolute Gasteiger partial charge is 0.394 e. The Balaban J connectivity index is 2.96. The van der Waals surface area contributed by atoms with Crippen LogP contribution in [0.1, 0.15) is 30.6 Å². The number of aliphatic hydroxyl groups excluding tert-OH is 1. The van der Waals surface area contributed by atoms with Gasteiger partial charge in [-0.25, -0.2) is 9.98 Å². The van der Waals surface area contributed by atoms with E-state index in [1.54, 1.807) is 18.4 Å². The molecule has 0 spiro atoms. The number of carbonyl (C=O) groups excluding carboxylic acids is 1. The Kier molecular flexibility index (Phi) is 5.61. The second-order valence-corrected chi connectivity index (χ2v) is 3.92. The van der Waals surface area contributed by atoms with Crippen LogP contribution in [0, 0.1) is 0 Å². The molecule has 1 aromatic heterocycles. The summed E-state index contributed by atoms with van der Waals surface area (Å²) in [6.07, 6.45) is 0.662. The van der Waals surface area contributed by atoms with Gasteiger partial charge in [-0.05, 0) is 20.6 Å². The van der Waals surface area contributed by atoms with E-state index in [9.17, 15) is 4.79 Å². The average molecular weight is 269 g/mol. The summed E-state index contributed by atoms with van der Waals surface area (Å²) in [5.41, 5.74) is 5.38. The van der Waals surface area contributed by atoms with Gasteiger partial charge in [0.05, 0.1) is 25.7 Å². The fraction of sp³-hybridized carbons (Fsp3) is 0.545. The molecule has 0 saturated heterocycles. The highest BCUT2D eigenvalue weighted by molar-refractivity contribution is 5.96. The second kappa shape index (κ2) is 6.98. The number of imidazole rings is 1. The normalized spacial score (nSPS) is 13.9. The third kappa shape index (κ3) is 3.60. The van der Waals surface area contributed by atoms with Gasteiger partial charge >= 0.3 is 0 Å². The van der Waals surface area contributed by atoms with Crippen molar-refractivity contribution < 1.29 is 14.6 Å². The lowest BCUT2D eigenvalue weighted by molar-refractivity contribution is -0.0551. The molecule has 1 rings (SSSR count). The van der Waals surface area contributed by atoms with E-state index in [0.717, 1.165) is 0 Å². The Bertz CT molecular complexity index is 446. The number of nitrogens with two attached hydrogens (primary N) is 1. The summed E-state index contributed by atoms with van der Waals surface area (Å²) in [5, 5.41) is 11.4. The molecular formula is C11H19N5O3. The first-order valence-corrected chi connectivity index (χ1v) is 5.83. The molecule has 19 heavy (non-hydrogen) atoms. The van der Waals surface area contributed by atoms with Gasteiger partial charge in [0, 0.05) is 0 Å². The predicted molar refractivity (Wildman–Crippen MR) is 70.3 cm³/mol. The maximum Gasteiger partial charge on any atom is 0.274 e. The molecule has 106 valence electrons. The predicted octanol–water partition coefficient (Wildman–Crippen LogP) is -0.223. The molecular weight excluding hydrogens is 250 g/mol. The van der Waals surface area contributed by atoms with Gasteiger partial charge in [-0.15, -0.1) is 0 Å². The molecule has 0 aliphatic rings. The third-order valence-corrected chi connectivity index (χ3v) is 2.47. The van der Waals surface area contributed by atoms with Crippen LogP contribution in [0.3, 0.4) is 0 Å². The third-order valence-electron chi connectivity index (χ3n) is 2.47. The molecule has 4 N–H and O–H groups in total. The Morgan fingerprint density at radius 3 is 2.95 bits per heavy atom. The maximum atomic E-state index is 11.7. The fourth-order valence-corrected chi connectivity index (χ4v) is 1.56. The van der Waals surface area contributed by atoms with E-state index >= 15 is 0 Å². The summed E-state index contributed by atoms with van der Waals surface area (Å²) in [4.78, 5) is 19.5. The van der Waals surface area contributed by atoms with Crippen LogP contribution in [-0.2, 0) is 4.74 Å². The topological polar surface area (TPSA) is 115 Å². The second-order valence-electron chi connectivity index (χ2n) is 3.92. The van der Waals surface area contributed by atoms with E-state index in [-0.39, 0.29) is 25.1 Å². The van der Waals surface area contributed by atoms with Crippen molar-refractivity contribution >= 4 is 18.4 Å². The SMILES string of the molecule is C=Nc1c(C(=O)NCN)ncn1C(C)OC(C)CO. The lowest BCUT2D eigenvalue weighted by Gasteiger charge is -2.19. The van der Waals surface area contributed by atoms with Gasteiger partial charge in [0.1, 0.15) is 6.23 Å². The van der Waals surface area contributed by atoms with Crippen molar-refractivity contribution in [3.8, 4) is 0 Å². The number of carbonyl (C=O) groups is 1. The number of hydrogen-bond donors (Lipinski definition) is 3. The fourth-order valence-electron chi connectivity index (χ4n) is 1.56. The molecule has 8 nitrogen and oxygen atoms in total. The highest BCUT2D eigenvalue weighted by atomic mass is 16.5. The first-order chi connectivity index (χ1) is 9.04. The zero-order chi connectivity index (χ0) is 14.4. The molecule has 1 amide bonds. The van der Waals surface area contributed by atoms with Gasteiger partial charge in [-0.1, -0.05) is 0 Å². The first-order valence-electron chi connectivity index (χ1n) is 5.83. The summed E-state index contributed by atoms with van der Waals surface area (Å²) < 4.78 is 7.07. The van der Waals surface area contributed by atoms with Gasteiger partial charge in [0.25, 0.3) is 5.91 Å². The van der Waals surface area contributed by atoms with Crippen LogP contribution in [0.25, 0.3) is 0 Å². The molecule has 0 radical (unpaired) electrons. The number of ether oxygens (including phenoxy) is 1. The van der Waals surface area contributed by atoms with E-state index in [1.807, 2.05) is 0 Å². The van der Waals surface area contributed by atoms with Crippen molar-refractivity contribution in [2.45, 2.75) is 26.2 Å². The smallest absolute Gasteiger partial charge is 0.274 e. The zero-order valence-corrected chi connectivity index (χ0v) is 11.0. The molecule has 8 heteroatoms. The minimum Gasteiger partial charge on any atom is -0.394 e. The van der Waals surface area contributed by atoms with Crippen molar-refractivity contribution in [1.29, 1.82) is 0 Å². The van der Waals surface area contributed by atoms with Crippen LogP contribution >= 0.6 is 0 Å². The number of hydrogen-bond acceptors (Lipinski definition) is 6. The summed E-state index contributed by atoms with van der Waals surface area (Å²) in [6, 6.07) is 0. The summed E-state index contributed by atoms with van der Waals surface area (Å²) in [7, 11) is 0. The van der Waals surface area contributed by atoms with Gasteiger partial charge in [0.15, 0.2) is 11.5 Å². The Labute approximate surface area is 111 Å². The van der Waals surface area contributed by atoms with E-state index in [4.69, 9.17) is 15.6 Å². The molecule has 1 aromatic rings. The number of rotatable bonds is 7. The van der Waals surface area contributed by atoms with Crippen LogP contribution in [0.2, 0.25) is 0 Å². The van der Waals surface area contributed by atoms with Crippen LogP contribution in [0.15, 0.2) is 11.3 Å². The summed E-state index contributed by atoms with van der Waals surface area (Å²) in [5.74, 6) is -0.130. The van der Waals surface area contributed by atoms with Gasteiger partial charge in [-0.3, -0.25) is 9.36 Å². The summed E-state index contributed by atoms with van der Waals surface area (Å²) >= 11 is 0. The van der Waals surface area contributed by atoms with Crippen molar-refractivity contribution in [1.82, 2.24) is 14.9 Å². The van der Waals surface area contributed by atoms with Crippen LogP contribution in [-0.4, -0.2) is 46.7 Å². The number of aliphatic imine (C=N–C) groups is 1. The van der Waals surface area contributed by atoms with E-state index in [0.29, 0.717) is 5.82 Å². The number of amides is 1. The number of nitrogens with zero attached hydrogens (tertiary/aromatic N) is 3. The van der Waals surface area contributed by atoms with Gasteiger partial charge < -0.3 is 20.9 Å². The number of nitrogens with one attached hydrogen (secondary N) is 1. The van der Waals surface area contributed by atoms with Crippen molar-refractivity contribution in [2.24, 2.45) is 10.7 Å². The number of aromatic nitrogens is 2. The minimum atomic E-state index is -0.436. The quantitative estimate of drug-likeness (QED) is 0.467. The molecule has 0 aliphatic carbocycles. The maximum absolute atomic E-state index is 11.7. The molecule has 0 aliphatic heterocycles. The Morgan fingerprint density at radius 1 is 1.74 bits per heavy atom. The van der Waals surface area contributed by atoms with Crippen LogP contribution in [0.4, 0.5) is 5.82 Å². The molecule has 0 bridgehead atoms. The van der Waals surface area contributed by atoms with E-state index in [2.05, 4.69) is 22.0 Å². The standard InChI is InChI=1S/C11H19N5O3/c1-7(4-17)19-8(2)16-6-15-9(10(16)13-3)11(18)14-5-12/h6-8,17H,3-5,12H2,1-2H3,(H,14,18). The van der Waals surface area contributed by atoms with Crippen LogP contribution in [0.5, 0.6) is 0 Å². The lowest BCUT2D eigenvalue weighted by atomic mass is 10.4.